The highest BCUT2D eigenvalue weighted by atomic mass is 79.9. The van der Waals surface area contributed by atoms with Crippen molar-refractivity contribution in [3.05, 3.63) is 58.1 Å². The number of hydrogen-bond donors (Lipinski definition) is 1. The molecule has 0 aromatic carbocycles. The predicted octanol–water partition coefficient (Wildman–Crippen LogP) is 4.01. The van der Waals surface area contributed by atoms with Crippen molar-refractivity contribution in [1.29, 1.82) is 0 Å². The SMILES string of the molecule is CCCc1nc2c(C)cccn2c1C(=O)Nc1ccc(Br)cn1. The lowest BCUT2D eigenvalue weighted by Crippen LogP contribution is -2.17. The molecule has 6 heteroatoms. The fourth-order valence-electron chi connectivity index (χ4n) is 2.53. The van der Waals surface area contributed by atoms with E-state index in [4.69, 9.17) is 0 Å². The van der Waals surface area contributed by atoms with E-state index in [-0.39, 0.29) is 5.91 Å². The van der Waals surface area contributed by atoms with Crippen molar-refractivity contribution >= 4 is 33.3 Å². The Morgan fingerprint density at radius 1 is 1.35 bits per heavy atom. The van der Waals surface area contributed by atoms with E-state index >= 15 is 0 Å². The molecule has 0 atom stereocenters. The molecule has 0 radical (unpaired) electrons. The smallest absolute Gasteiger partial charge is 0.275 e. The number of aryl methyl sites for hydroxylation is 2. The van der Waals surface area contributed by atoms with Gasteiger partial charge in [0.05, 0.1) is 5.69 Å². The molecule has 5 nitrogen and oxygen atoms in total. The number of fused-ring (bicyclic) bond motifs is 1. The Morgan fingerprint density at radius 2 is 2.17 bits per heavy atom. The maximum Gasteiger partial charge on any atom is 0.275 e. The minimum Gasteiger partial charge on any atom is -0.305 e. The van der Waals surface area contributed by atoms with Crippen molar-refractivity contribution in [2.45, 2.75) is 26.7 Å². The highest BCUT2D eigenvalue weighted by Crippen LogP contribution is 2.19. The third kappa shape index (κ3) is 3.12. The van der Waals surface area contributed by atoms with Crippen LogP contribution in [-0.4, -0.2) is 20.3 Å². The lowest BCUT2D eigenvalue weighted by Gasteiger charge is -2.06. The Hall–Kier alpha value is -2.21. The maximum absolute atomic E-state index is 12.8. The second-order valence-electron chi connectivity index (χ2n) is 5.36. The summed E-state index contributed by atoms with van der Waals surface area (Å²) in [7, 11) is 0. The van der Waals surface area contributed by atoms with Crippen LogP contribution in [0.4, 0.5) is 5.82 Å². The Kier molecular flexibility index (Phi) is 4.43. The third-order valence-electron chi connectivity index (χ3n) is 3.59. The van der Waals surface area contributed by atoms with E-state index in [2.05, 4.69) is 38.1 Å². The molecule has 118 valence electrons. The van der Waals surface area contributed by atoms with Gasteiger partial charge in [-0.25, -0.2) is 9.97 Å². The molecule has 0 fully saturated rings. The maximum atomic E-state index is 12.8. The zero-order valence-corrected chi connectivity index (χ0v) is 14.6. The molecule has 0 aliphatic rings. The highest BCUT2D eigenvalue weighted by molar-refractivity contribution is 9.10. The van der Waals surface area contributed by atoms with E-state index in [9.17, 15) is 4.79 Å². The second-order valence-corrected chi connectivity index (χ2v) is 6.27. The van der Waals surface area contributed by atoms with Crippen LogP contribution in [0.2, 0.25) is 0 Å². The van der Waals surface area contributed by atoms with Gasteiger partial charge < -0.3 is 5.32 Å². The number of aromatic nitrogens is 3. The highest BCUT2D eigenvalue weighted by Gasteiger charge is 2.19. The number of hydrogen-bond acceptors (Lipinski definition) is 3. The first-order valence-corrected chi connectivity index (χ1v) is 8.29. The monoisotopic (exact) mass is 372 g/mol. The molecule has 3 heterocycles. The molecular weight excluding hydrogens is 356 g/mol. The number of carbonyl (C=O) groups excluding carboxylic acids is 1. The number of anilines is 1. The van der Waals surface area contributed by atoms with E-state index in [0.717, 1.165) is 34.2 Å². The third-order valence-corrected chi connectivity index (χ3v) is 4.06. The minimum atomic E-state index is -0.193. The van der Waals surface area contributed by atoms with Gasteiger partial charge in [-0.05, 0) is 53.0 Å². The standard InChI is InChI=1S/C17H17BrN4O/c1-3-5-13-15(22-9-4-6-11(2)16(22)20-13)17(23)21-14-8-7-12(18)10-19-14/h4,6-10H,3,5H2,1-2H3,(H,19,21,23). The van der Waals surface area contributed by atoms with E-state index < -0.39 is 0 Å². The van der Waals surface area contributed by atoms with Crippen molar-refractivity contribution in [2.75, 3.05) is 5.32 Å². The van der Waals surface area contributed by atoms with E-state index in [1.165, 1.54) is 0 Å². The molecule has 1 amide bonds. The van der Waals surface area contributed by atoms with Crippen LogP contribution in [0.25, 0.3) is 5.65 Å². The van der Waals surface area contributed by atoms with Gasteiger partial charge in [0.15, 0.2) is 0 Å². The lowest BCUT2D eigenvalue weighted by atomic mass is 10.2. The van der Waals surface area contributed by atoms with Gasteiger partial charge in [-0.1, -0.05) is 19.4 Å². The summed E-state index contributed by atoms with van der Waals surface area (Å²) < 4.78 is 2.72. The number of nitrogens with one attached hydrogen (secondary N) is 1. The van der Waals surface area contributed by atoms with Crippen LogP contribution >= 0.6 is 15.9 Å². The van der Waals surface area contributed by atoms with Gasteiger partial charge in [0.25, 0.3) is 5.91 Å². The Labute approximate surface area is 142 Å². The molecule has 0 aliphatic heterocycles. The summed E-state index contributed by atoms with van der Waals surface area (Å²) in [6.07, 6.45) is 5.22. The van der Waals surface area contributed by atoms with E-state index in [1.807, 2.05) is 35.7 Å². The van der Waals surface area contributed by atoms with Crippen LogP contribution < -0.4 is 5.32 Å². The average Bonchev–Trinajstić information content (AvgIpc) is 2.90. The molecule has 0 bridgehead atoms. The molecule has 3 rings (SSSR count). The largest absolute Gasteiger partial charge is 0.305 e. The van der Waals surface area contributed by atoms with E-state index in [1.54, 1.807) is 12.3 Å². The zero-order chi connectivity index (χ0) is 16.4. The van der Waals surface area contributed by atoms with Gasteiger partial charge in [-0.3, -0.25) is 9.20 Å². The number of amides is 1. The first-order chi connectivity index (χ1) is 11.1. The number of nitrogens with zero attached hydrogens (tertiary/aromatic N) is 3. The number of carbonyl (C=O) groups is 1. The van der Waals surface area contributed by atoms with Crippen molar-refractivity contribution in [2.24, 2.45) is 0 Å². The topological polar surface area (TPSA) is 59.3 Å². The number of rotatable bonds is 4. The van der Waals surface area contributed by atoms with Crippen molar-refractivity contribution in [3.63, 3.8) is 0 Å². The molecule has 0 unspecified atom stereocenters. The summed E-state index contributed by atoms with van der Waals surface area (Å²) in [4.78, 5) is 21.6. The van der Waals surface area contributed by atoms with Gasteiger partial charge in [0.2, 0.25) is 0 Å². The molecular formula is C17H17BrN4O. The fourth-order valence-corrected chi connectivity index (χ4v) is 2.76. The molecule has 0 saturated carbocycles. The van der Waals surface area contributed by atoms with Crippen molar-refractivity contribution in [3.8, 4) is 0 Å². The number of imidazole rings is 1. The van der Waals surface area contributed by atoms with Crippen LogP contribution in [0.15, 0.2) is 41.1 Å². The summed E-state index contributed by atoms with van der Waals surface area (Å²) >= 11 is 3.33. The first kappa shape index (κ1) is 15.7. The molecule has 3 aromatic rings. The number of pyridine rings is 2. The van der Waals surface area contributed by atoms with E-state index in [0.29, 0.717) is 11.5 Å². The summed E-state index contributed by atoms with van der Waals surface area (Å²) in [5.41, 5.74) is 3.27. The normalized spacial score (nSPS) is 10.9. The van der Waals surface area contributed by atoms with Gasteiger partial charge in [0, 0.05) is 16.9 Å². The Bertz CT molecular complexity index is 855. The average molecular weight is 373 g/mol. The van der Waals surface area contributed by atoms with Gasteiger partial charge in [-0.15, -0.1) is 0 Å². The van der Waals surface area contributed by atoms with Crippen LogP contribution in [0.1, 0.15) is 35.1 Å². The summed E-state index contributed by atoms with van der Waals surface area (Å²) in [6.45, 7) is 4.07. The van der Waals surface area contributed by atoms with Crippen LogP contribution in [0.3, 0.4) is 0 Å². The number of halogens is 1. The molecule has 0 spiro atoms. The van der Waals surface area contributed by atoms with Crippen LogP contribution in [0, 0.1) is 6.92 Å². The van der Waals surface area contributed by atoms with Gasteiger partial charge >= 0.3 is 0 Å². The molecule has 23 heavy (non-hydrogen) atoms. The summed E-state index contributed by atoms with van der Waals surface area (Å²) in [6, 6.07) is 7.52. The minimum absolute atomic E-state index is 0.193. The zero-order valence-electron chi connectivity index (χ0n) is 13.0. The summed E-state index contributed by atoms with van der Waals surface area (Å²) in [5.74, 6) is 0.324. The van der Waals surface area contributed by atoms with Crippen molar-refractivity contribution < 1.29 is 4.79 Å². The summed E-state index contributed by atoms with van der Waals surface area (Å²) in [5, 5.41) is 2.85. The molecule has 0 saturated heterocycles. The van der Waals surface area contributed by atoms with Gasteiger partial charge in [-0.2, -0.15) is 0 Å². The second kappa shape index (κ2) is 6.50. The quantitative estimate of drug-likeness (QED) is 0.752. The fraction of sp³-hybridized carbons (Fsp3) is 0.235. The Morgan fingerprint density at radius 3 is 2.87 bits per heavy atom. The van der Waals surface area contributed by atoms with Gasteiger partial charge in [0.1, 0.15) is 17.2 Å². The molecule has 0 aliphatic carbocycles. The predicted molar refractivity (Wildman–Crippen MR) is 93.8 cm³/mol. The Balaban J connectivity index is 2.03. The molecule has 3 aromatic heterocycles. The lowest BCUT2D eigenvalue weighted by molar-refractivity contribution is 0.102. The molecule has 1 N–H and O–H groups in total. The first-order valence-electron chi connectivity index (χ1n) is 7.49. The van der Waals surface area contributed by atoms with Crippen molar-refractivity contribution in [1.82, 2.24) is 14.4 Å². The van der Waals surface area contributed by atoms with Crippen LogP contribution in [-0.2, 0) is 6.42 Å². The van der Waals surface area contributed by atoms with Crippen LogP contribution in [0.5, 0.6) is 0 Å².